The minimum Gasteiger partial charge on any atom is -0.383 e. The number of rotatable bonds is 8. The Hall–Kier alpha value is -2.90. The molecular weight excluding hydrogens is 416 g/mol. The van der Waals surface area contributed by atoms with E-state index in [1.54, 1.807) is 46.9 Å². The Morgan fingerprint density at radius 2 is 2.03 bits per heavy atom. The molecule has 7 nitrogen and oxygen atoms in total. The molecule has 0 aliphatic carbocycles. The van der Waals surface area contributed by atoms with Crippen molar-refractivity contribution in [2.45, 2.75) is 32.9 Å². The summed E-state index contributed by atoms with van der Waals surface area (Å²) in [6, 6.07) is 13.4. The van der Waals surface area contributed by atoms with Crippen LogP contribution in [-0.2, 0) is 11.3 Å². The third-order valence-electron chi connectivity index (χ3n) is 5.05. The predicted molar refractivity (Wildman–Crippen MR) is 124 cm³/mol. The zero-order chi connectivity index (χ0) is 22.4. The Kier molecular flexibility index (Phi) is 7.65. The van der Waals surface area contributed by atoms with Crippen LogP contribution in [0.4, 0.5) is 10.5 Å². The summed E-state index contributed by atoms with van der Waals surface area (Å²) < 4.78 is 6.88. The van der Waals surface area contributed by atoms with E-state index in [1.807, 2.05) is 32.0 Å². The quantitative estimate of drug-likeness (QED) is 0.548. The van der Waals surface area contributed by atoms with Crippen molar-refractivity contribution in [2.75, 3.05) is 25.6 Å². The Morgan fingerprint density at radius 3 is 2.74 bits per heavy atom. The number of aromatic nitrogens is 2. The minimum absolute atomic E-state index is 0.101. The number of hydrogen-bond donors (Lipinski definition) is 1. The summed E-state index contributed by atoms with van der Waals surface area (Å²) in [6.45, 7) is 5.07. The molecule has 8 heteroatoms. The molecule has 0 aliphatic heterocycles. The van der Waals surface area contributed by atoms with Crippen molar-refractivity contribution >= 4 is 34.2 Å². The molecular formula is C23H27ClN4O3. The first-order valence-electron chi connectivity index (χ1n) is 10.3. The molecule has 3 aromatic rings. The molecule has 1 atom stereocenters. The molecule has 1 N–H and O–H groups in total. The van der Waals surface area contributed by atoms with E-state index in [4.69, 9.17) is 21.3 Å². The fourth-order valence-electron chi connectivity index (χ4n) is 3.51. The highest BCUT2D eigenvalue weighted by Gasteiger charge is 2.26. The number of carbonyl (C=O) groups is 1. The Labute approximate surface area is 186 Å². The van der Waals surface area contributed by atoms with Crippen LogP contribution in [-0.4, -0.2) is 40.7 Å². The smallest absolute Gasteiger partial charge is 0.322 e. The Balaban J connectivity index is 2.01. The van der Waals surface area contributed by atoms with Crippen LogP contribution in [0.25, 0.3) is 10.9 Å². The molecule has 0 spiro atoms. The highest BCUT2D eigenvalue weighted by atomic mass is 35.5. The average molecular weight is 443 g/mol. The number of amides is 2. The average Bonchev–Trinajstić information content (AvgIpc) is 2.76. The van der Waals surface area contributed by atoms with E-state index in [2.05, 4.69) is 5.32 Å². The number of urea groups is 1. The number of ether oxygens (including phenoxy) is 1. The largest absolute Gasteiger partial charge is 0.383 e. The molecule has 1 unspecified atom stereocenters. The summed E-state index contributed by atoms with van der Waals surface area (Å²) in [5.41, 5.74) is 1.10. The van der Waals surface area contributed by atoms with Crippen molar-refractivity contribution < 1.29 is 9.53 Å². The molecule has 1 heterocycles. The molecule has 2 aromatic carbocycles. The van der Waals surface area contributed by atoms with Crippen LogP contribution in [0.2, 0.25) is 5.02 Å². The number of benzene rings is 2. The molecule has 1 aromatic heterocycles. The third-order valence-corrected chi connectivity index (χ3v) is 5.29. The van der Waals surface area contributed by atoms with Crippen molar-refractivity contribution in [3.8, 4) is 0 Å². The van der Waals surface area contributed by atoms with Crippen LogP contribution in [0.1, 0.15) is 32.1 Å². The van der Waals surface area contributed by atoms with Gasteiger partial charge < -0.3 is 15.0 Å². The minimum atomic E-state index is -0.460. The second kappa shape index (κ2) is 10.4. The van der Waals surface area contributed by atoms with Crippen molar-refractivity contribution in [3.05, 3.63) is 69.7 Å². The van der Waals surface area contributed by atoms with Crippen LogP contribution >= 0.6 is 11.6 Å². The molecule has 3 rings (SSSR count). The molecule has 0 bridgehead atoms. The first-order chi connectivity index (χ1) is 15.0. The second-order valence-electron chi connectivity index (χ2n) is 7.25. The fraction of sp³-hybridized carbons (Fsp3) is 0.348. The van der Waals surface area contributed by atoms with E-state index >= 15 is 0 Å². The summed E-state index contributed by atoms with van der Waals surface area (Å²) in [5.74, 6) is 0.544. The summed E-state index contributed by atoms with van der Waals surface area (Å²) in [5, 5.41) is 3.98. The van der Waals surface area contributed by atoms with E-state index in [9.17, 15) is 9.59 Å². The summed E-state index contributed by atoms with van der Waals surface area (Å²) >= 11 is 6.05. The number of para-hydroxylation sites is 1. The topological polar surface area (TPSA) is 76.5 Å². The second-order valence-corrected chi connectivity index (χ2v) is 7.68. The van der Waals surface area contributed by atoms with Gasteiger partial charge in [0.1, 0.15) is 5.82 Å². The van der Waals surface area contributed by atoms with Gasteiger partial charge >= 0.3 is 6.03 Å². The van der Waals surface area contributed by atoms with Crippen LogP contribution in [0.3, 0.4) is 0 Å². The van der Waals surface area contributed by atoms with Crippen LogP contribution < -0.4 is 10.9 Å². The number of halogens is 1. The highest BCUT2D eigenvalue weighted by Crippen LogP contribution is 2.22. The van der Waals surface area contributed by atoms with Crippen molar-refractivity contribution in [3.63, 3.8) is 0 Å². The number of fused-ring (bicyclic) bond motifs is 1. The zero-order valence-corrected chi connectivity index (χ0v) is 18.7. The highest BCUT2D eigenvalue weighted by molar-refractivity contribution is 6.30. The van der Waals surface area contributed by atoms with E-state index in [1.165, 1.54) is 0 Å². The lowest BCUT2D eigenvalue weighted by molar-refractivity contribution is 0.136. The molecule has 0 fully saturated rings. The number of nitrogens with one attached hydrogen (secondary N) is 1. The van der Waals surface area contributed by atoms with Gasteiger partial charge in [-0.25, -0.2) is 9.78 Å². The zero-order valence-electron chi connectivity index (χ0n) is 18.0. The normalized spacial score (nSPS) is 12.0. The van der Waals surface area contributed by atoms with E-state index in [-0.39, 0.29) is 11.6 Å². The predicted octanol–water partition coefficient (Wildman–Crippen LogP) is 4.70. The SMILES string of the molecule is CCCn1c(C(C)N(CCOC)C(=O)Nc2cccc(Cl)c2)nc2ccccc2c1=O. The van der Waals surface area contributed by atoms with Crippen molar-refractivity contribution in [1.29, 1.82) is 0 Å². The van der Waals surface area contributed by atoms with E-state index < -0.39 is 6.04 Å². The Bertz CT molecular complexity index is 1120. The van der Waals surface area contributed by atoms with Gasteiger partial charge in [-0.1, -0.05) is 36.7 Å². The first-order valence-corrected chi connectivity index (χ1v) is 10.7. The molecule has 0 radical (unpaired) electrons. The fourth-order valence-corrected chi connectivity index (χ4v) is 3.70. The number of carbonyl (C=O) groups excluding carboxylic acids is 1. The lowest BCUT2D eigenvalue weighted by Gasteiger charge is -2.30. The molecule has 164 valence electrons. The van der Waals surface area contributed by atoms with Gasteiger partial charge in [-0.05, 0) is 43.7 Å². The number of methoxy groups -OCH3 is 1. The van der Waals surface area contributed by atoms with Crippen LogP contribution in [0.15, 0.2) is 53.3 Å². The van der Waals surface area contributed by atoms with E-state index in [0.717, 1.165) is 6.42 Å². The van der Waals surface area contributed by atoms with Gasteiger partial charge in [0.2, 0.25) is 0 Å². The third kappa shape index (κ3) is 5.24. The molecule has 0 saturated carbocycles. The summed E-state index contributed by atoms with van der Waals surface area (Å²) in [7, 11) is 1.58. The van der Waals surface area contributed by atoms with Crippen molar-refractivity contribution in [2.24, 2.45) is 0 Å². The van der Waals surface area contributed by atoms with Gasteiger partial charge in [0, 0.05) is 30.9 Å². The molecule has 0 aliphatic rings. The van der Waals surface area contributed by atoms with Gasteiger partial charge in [0.25, 0.3) is 5.56 Å². The van der Waals surface area contributed by atoms with Gasteiger partial charge in [-0.15, -0.1) is 0 Å². The number of nitrogens with zero attached hydrogens (tertiary/aromatic N) is 3. The lowest BCUT2D eigenvalue weighted by Crippen LogP contribution is -2.41. The molecule has 31 heavy (non-hydrogen) atoms. The molecule has 2 amide bonds. The van der Waals surface area contributed by atoms with E-state index in [0.29, 0.717) is 47.1 Å². The van der Waals surface area contributed by atoms with Crippen molar-refractivity contribution in [1.82, 2.24) is 14.5 Å². The van der Waals surface area contributed by atoms with Gasteiger partial charge in [0.15, 0.2) is 0 Å². The maximum Gasteiger partial charge on any atom is 0.322 e. The Morgan fingerprint density at radius 1 is 1.26 bits per heavy atom. The molecule has 0 saturated heterocycles. The summed E-state index contributed by atoms with van der Waals surface area (Å²) in [6.07, 6.45) is 0.770. The summed E-state index contributed by atoms with van der Waals surface area (Å²) in [4.78, 5) is 32.7. The standard InChI is InChI=1S/C23H27ClN4O3/c1-4-12-28-21(26-20-11-6-5-10-19(20)22(28)29)16(2)27(13-14-31-3)23(30)25-18-9-7-8-17(24)15-18/h5-11,15-16H,4,12-14H2,1-3H3,(H,25,30). The van der Waals surface area contributed by atoms with Crippen LogP contribution in [0.5, 0.6) is 0 Å². The monoisotopic (exact) mass is 442 g/mol. The maximum atomic E-state index is 13.2. The number of hydrogen-bond acceptors (Lipinski definition) is 4. The van der Waals surface area contributed by atoms with Crippen LogP contribution in [0, 0.1) is 0 Å². The van der Waals surface area contributed by atoms with Gasteiger partial charge in [0.05, 0.1) is 23.6 Å². The maximum absolute atomic E-state index is 13.2. The van der Waals surface area contributed by atoms with Gasteiger partial charge in [-0.3, -0.25) is 9.36 Å². The van der Waals surface area contributed by atoms with Gasteiger partial charge in [-0.2, -0.15) is 0 Å². The lowest BCUT2D eigenvalue weighted by atomic mass is 10.2. The number of anilines is 1. The first kappa shape index (κ1) is 22.8.